The molecule has 0 saturated heterocycles. The molecule has 0 aliphatic heterocycles. The van der Waals surface area contributed by atoms with Gasteiger partial charge in [0.2, 0.25) is 0 Å². The van der Waals surface area contributed by atoms with Crippen molar-refractivity contribution in [3.8, 4) is 0 Å². The first-order valence-corrected chi connectivity index (χ1v) is 29.3. The van der Waals surface area contributed by atoms with E-state index in [-0.39, 0.29) is 0 Å². The van der Waals surface area contributed by atoms with Crippen LogP contribution in [0.15, 0.2) is 0 Å². The molecule has 3 aliphatic carbocycles. The van der Waals surface area contributed by atoms with Gasteiger partial charge in [0.25, 0.3) is 0 Å². The molecule has 3 saturated carbocycles. The molecule has 0 bridgehead atoms. The minimum Gasteiger partial charge on any atom is -0.0683 e. The first-order chi connectivity index (χ1) is 29.3. The fraction of sp³-hybridized carbons (Fsp3) is 1.00. The Morgan fingerprint density at radius 3 is 0.641 bits per heavy atom. The molecule has 0 aromatic rings. The van der Waals surface area contributed by atoms with Gasteiger partial charge in [0.1, 0.15) is 0 Å². The summed E-state index contributed by atoms with van der Waals surface area (Å²) >= 11 is 0. The van der Waals surface area contributed by atoms with E-state index in [0.717, 1.165) is 29.6 Å². The van der Waals surface area contributed by atoms with Crippen LogP contribution in [0.4, 0.5) is 0 Å². The molecule has 0 aromatic carbocycles. The molecule has 0 nitrogen and oxygen atoms in total. The Morgan fingerprint density at radius 2 is 0.562 bits per heavy atom. The van der Waals surface area contributed by atoms with Crippen LogP contribution >= 0.6 is 0 Å². The summed E-state index contributed by atoms with van der Waals surface area (Å²) in [5, 5.41) is 0. The molecule has 64 heavy (non-hydrogen) atoms. The molecule has 3 aliphatic rings. The summed E-state index contributed by atoms with van der Waals surface area (Å²) < 4.78 is 0. The molecule has 0 heterocycles. The van der Waals surface area contributed by atoms with Crippen molar-refractivity contribution >= 4 is 0 Å². The van der Waals surface area contributed by atoms with E-state index in [1.807, 2.05) is 41.5 Å². The van der Waals surface area contributed by atoms with Gasteiger partial charge in [-0.05, 0) is 64.1 Å². The topological polar surface area (TPSA) is 0 Å². The van der Waals surface area contributed by atoms with Crippen LogP contribution in [0.25, 0.3) is 0 Å². The number of hydrogen-bond acceptors (Lipinski definition) is 0. The summed E-state index contributed by atoms with van der Waals surface area (Å²) in [6.45, 7) is 76.5. The Labute approximate surface area is 420 Å². The van der Waals surface area contributed by atoms with Crippen LogP contribution in [0, 0.1) is 51.2 Å². The van der Waals surface area contributed by atoms with Crippen LogP contribution in [0.2, 0.25) is 0 Å². The number of rotatable bonds is 2. The van der Waals surface area contributed by atoms with Crippen molar-refractivity contribution in [3.05, 3.63) is 0 Å². The van der Waals surface area contributed by atoms with Crippen molar-refractivity contribution in [3.63, 3.8) is 0 Å². The first-order valence-electron chi connectivity index (χ1n) is 29.3. The van der Waals surface area contributed by atoms with E-state index >= 15 is 0 Å². The van der Waals surface area contributed by atoms with Gasteiger partial charge >= 0.3 is 0 Å². The molecule has 406 valence electrons. The highest BCUT2D eigenvalue weighted by Gasteiger charge is 2.24. The lowest BCUT2D eigenvalue weighted by Gasteiger charge is -2.32. The van der Waals surface area contributed by atoms with Gasteiger partial charge in [-0.2, -0.15) is 0 Å². The second kappa shape index (κ2) is 69.6. The summed E-state index contributed by atoms with van der Waals surface area (Å²) in [6, 6.07) is 0. The Kier molecular flexibility index (Phi) is 98.3. The largest absolute Gasteiger partial charge is 0.0683 e. The second-order valence-corrected chi connectivity index (χ2v) is 24.3. The zero-order valence-electron chi connectivity index (χ0n) is 54.0. The summed E-state index contributed by atoms with van der Waals surface area (Å²) in [7, 11) is 0. The van der Waals surface area contributed by atoms with Crippen molar-refractivity contribution in [1.29, 1.82) is 0 Å². The lowest BCUT2D eigenvalue weighted by molar-refractivity contribution is 0.201. The van der Waals surface area contributed by atoms with E-state index in [1.54, 1.807) is 0 Å². The maximum absolute atomic E-state index is 2.39. The maximum atomic E-state index is 2.39. The molecule has 0 aromatic heterocycles. The summed E-state index contributed by atoms with van der Waals surface area (Å²) in [5.41, 5.74) is 2.24. The minimum atomic E-state index is 0.500. The van der Waals surface area contributed by atoms with Crippen LogP contribution in [0.3, 0.4) is 0 Å². The third-order valence-corrected chi connectivity index (χ3v) is 9.60. The quantitative estimate of drug-likeness (QED) is 0.259. The average Bonchev–Trinajstić information content (AvgIpc) is 3.70. The van der Waals surface area contributed by atoms with Gasteiger partial charge in [-0.15, -0.1) is 0 Å². The van der Waals surface area contributed by atoms with Crippen LogP contribution in [0.5, 0.6) is 0 Å². The summed E-state index contributed by atoms with van der Waals surface area (Å²) in [5.74, 6) is 4.80. The van der Waals surface area contributed by atoms with Crippen LogP contribution < -0.4 is 0 Å². The standard InChI is InChI=1S/C9H18.C7H14.C6H12.2C6H14.2C5H12.2C4H10.2C3H8.3C2H6/c1-8-4-6-9(2,3)7-5-8;1-7-5-3-2-4-6-7;1-6-4-2-3-5-6;2*1-5-6(2,3)4;1-5(2,3)4;1-4-5(2)3;1-4(2)3;1-3-4-2;2*1-3-2;3*1-2/h8H,4-7H2,1-3H3;7H,2-6H2,1H3;6H,2-5H2,1H3;2*5H2,1-4H3;1-4H3;5H,4H2,1-3H3;4H,1-3H3;3-4H2,1-2H3;2*3H2,1-2H3;3*1-2H3. The third-order valence-electron chi connectivity index (χ3n) is 9.60. The Bertz CT molecular complexity index is 609. The lowest BCUT2D eigenvalue weighted by Crippen LogP contribution is -2.19. The fourth-order valence-corrected chi connectivity index (χ4v) is 3.98. The van der Waals surface area contributed by atoms with Crippen molar-refractivity contribution in [2.24, 2.45) is 51.2 Å². The zero-order valence-corrected chi connectivity index (χ0v) is 54.0. The van der Waals surface area contributed by atoms with Gasteiger partial charge < -0.3 is 0 Å². The molecule has 0 atom stereocenters. The van der Waals surface area contributed by atoms with Crippen molar-refractivity contribution in [1.82, 2.24) is 0 Å². The van der Waals surface area contributed by atoms with Gasteiger partial charge in [-0.25, -0.2) is 0 Å². The molecular formula is C64H150. The molecule has 0 spiro atoms. The van der Waals surface area contributed by atoms with Gasteiger partial charge in [-0.3, -0.25) is 0 Å². The Balaban J connectivity index is -0.0000000537. The molecule has 0 radical (unpaired) electrons. The molecule has 3 rings (SSSR count). The SMILES string of the molecule is CC.CC.CC.CC(C)(C)C.CC(C)C.CC1CCC(C)(C)CC1.CC1CCCC1.CC1CCCCC1.CCC.CCC.CCC(C)(C)C.CCC(C)(C)C.CCC(C)C.CCCC. The summed E-state index contributed by atoms with van der Waals surface area (Å²) in [4.78, 5) is 0. The molecule has 0 unspecified atom stereocenters. The highest BCUT2D eigenvalue weighted by molar-refractivity contribution is 4.76. The predicted octanol–water partition coefficient (Wildman–Crippen LogP) is 26.4. The Hall–Kier alpha value is 0. The van der Waals surface area contributed by atoms with Gasteiger partial charge in [-0.1, -0.05) is 358 Å². The molecule has 0 amide bonds. The average molecular weight is 920 g/mol. The smallest absolute Gasteiger partial charge is 0.0354 e. The van der Waals surface area contributed by atoms with E-state index in [0.29, 0.717) is 21.7 Å². The van der Waals surface area contributed by atoms with Gasteiger partial charge in [0, 0.05) is 0 Å². The maximum Gasteiger partial charge on any atom is -0.0354 e. The van der Waals surface area contributed by atoms with E-state index in [2.05, 4.69) is 201 Å². The van der Waals surface area contributed by atoms with Crippen molar-refractivity contribution in [2.75, 3.05) is 0 Å². The Morgan fingerprint density at radius 1 is 0.406 bits per heavy atom. The third kappa shape index (κ3) is 178. The van der Waals surface area contributed by atoms with E-state index in [4.69, 9.17) is 0 Å². The first kappa shape index (κ1) is 90.4. The predicted molar refractivity (Wildman–Crippen MR) is 318 cm³/mol. The van der Waals surface area contributed by atoms with Crippen molar-refractivity contribution in [2.45, 2.75) is 371 Å². The minimum absolute atomic E-state index is 0.500. The van der Waals surface area contributed by atoms with E-state index in [9.17, 15) is 0 Å². The lowest BCUT2D eigenvalue weighted by atomic mass is 9.74. The normalized spacial score (nSPS) is 15.0. The van der Waals surface area contributed by atoms with Gasteiger partial charge in [0.05, 0.1) is 0 Å². The molecular weight excluding hydrogens is 769 g/mol. The fourth-order valence-electron chi connectivity index (χ4n) is 3.98. The van der Waals surface area contributed by atoms with E-state index in [1.165, 1.54) is 128 Å². The monoisotopic (exact) mass is 919 g/mol. The van der Waals surface area contributed by atoms with Crippen LogP contribution in [-0.4, -0.2) is 0 Å². The highest BCUT2D eigenvalue weighted by atomic mass is 14.3. The zero-order chi connectivity index (χ0) is 54.0. The molecule has 0 N–H and O–H groups in total. The van der Waals surface area contributed by atoms with E-state index < -0.39 is 0 Å². The van der Waals surface area contributed by atoms with Crippen molar-refractivity contribution < 1.29 is 0 Å². The second-order valence-electron chi connectivity index (χ2n) is 24.3. The van der Waals surface area contributed by atoms with Gasteiger partial charge in [0.15, 0.2) is 0 Å². The molecule has 3 fully saturated rings. The molecule has 0 heteroatoms. The number of hydrogen-bond donors (Lipinski definition) is 0. The highest BCUT2D eigenvalue weighted by Crippen LogP contribution is 2.37. The van der Waals surface area contributed by atoms with Crippen LogP contribution in [0.1, 0.15) is 371 Å². The number of unbranched alkanes of at least 4 members (excludes halogenated alkanes) is 1. The van der Waals surface area contributed by atoms with Crippen LogP contribution in [-0.2, 0) is 0 Å². The summed E-state index contributed by atoms with van der Waals surface area (Å²) in [6.07, 6.45) is 28.2.